The Morgan fingerprint density at radius 1 is 0.851 bits per heavy atom. The minimum absolute atomic E-state index is 0.0800. The molecule has 11 heteroatoms. The average molecular weight is 649 g/mol. The number of carbonyl (C=O) groups excluding carboxylic acids is 4. The number of nitrogens with zero attached hydrogens (tertiary/aromatic N) is 1. The first kappa shape index (κ1) is 36.0. The summed E-state index contributed by atoms with van der Waals surface area (Å²) in [6.07, 6.45) is 3.46. The predicted octanol–water partition coefficient (Wildman–Crippen LogP) is 1.86. The van der Waals surface area contributed by atoms with Crippen molar-refractivity contribution in [2.45, 2.75) is 82.5 Å². The van der Waals surface area contributed by atoms with Crippen LogP contribution in [0.2, 0.25) is 0 Å². The van der Waals surface area contributed by atoms with E-state index in [0.717, 1.165) is 18.4 Å². The minimum Gasteiger partial charge on any atom is -0.378 e. The Labute approximate surface area is 278 Å². The maximum absolute atomic E-state index is 13.8. The van der Waals surface area contributed by atoms with E-state index in [4.69, 9.17) is 10.5 Å². The van der Waals surface area contributed by atoms with E-state index in [1.54, 1.807) is 4.90 Å². The number of nitrogens with two attached hydrogens (primary N) is 1. The fourth-order valence-electron chi connectivity index (χ4n) is 6.02. The van der Waals surface area contributed by atoms with E-state index >= 15 is 0 Å². The molecule has 5 atom stereocenters. The molecular formula is C36H52N6O5. The molecule has 2 fully saturated rings. The Morgan fingerprint density at radius 3 is 2.15 bits per heavy atom. The van der Waals surface area contributed by atoms with Crippen molar-refractivity contribution in [1.29, 1.82) is 0 Å². The highest BCUT2D eigenvalue weighted by atomic mass is 16.5. The van der Waals surface area contributed by atoms with Crippen molar-refractivity contribution < 1.29 is 23.9 Å². The largest absolute Gasteiger partial charge is 0.378 e. The van der Waals surface area contributed by atoms with Gasteiger partial charge in [-0.3, -0.25) is 19.2 Å². The maximum Gasteiger partial charge on any atom is 0.245 e. The second-order valence-electron chi connectivity index (χ2n) is 13.0. The van der Waals surface area contributed by atoms with Crippen molar-refractivity contribution in [1.82, 2.24) is 26.2 Å². The minimum atomic E-state index is -0.895. The van der Waals surface area contributed by atoms with Crippen LogP contribution in [0.3, 0.4) is 0 Å². The van der Waals surface area contributed by atoms with Crippen LogP contribution in [-0.4, -0.2) is 92.1 Å². The number of ether oxygens (including phenoxy) is 1. The summed E-state index contributed by atoms with van der Waals surface area (Å²) in [5.41, 5.74) is 7.82. The van der Waals surface area contributed by atoms with Crippen LogP contribution < -0.4 is 27.0 Å². The van der Waals surface area contributed by atoms with Gasteiger partial charge in [-0.05, 0) is 55.7 Å². The topological polar surface area (TPSA) is 155 Å². The molecule has 47 heavy (non-hydrogen) atoms. The van der Waals surface area contributed by atoms with Crippen LogP contribution in [-0.2, 0) is 30.3 Å². The molecule has 0 radical (unpaired) electrons. The van der Waals surface area contributed by atoms with Crippen molar-refractivity contribution in [3.63, 3.8) is 0 Å². The number of hydrogen-bond acceptors (Lipinski definition) is 7. The number of hydrogen-bond donors (Lipinski definition) is 5. The van der Waals surface area contributed by atoms with Crippen LogP contribution in [0.15, 0.2) is 60.7 Å². The van der Waals surface area contributed by atoms with Crippen molar-refractivity contribution >= 4 is 23.6 Å². The van der Waals surface area contributed by atoms with Gasteiger partial charge >= 0.3 is 0 Å². The van der Waals surface area contributed by atoms with E-state index in [-0.39, 0.29) is 36.7 Å². The highest BCUT2D eigenvalue weighted by Gasteiger charge is 2.38. The van der Waals surface area contributed by atoms with Crippen LogP contribution in [0, 0.1) is 5.92 Å². The van der Waals surface area contributed by atoms with E-state index in [2.05, 4.69) is 33.4 Å². The molecule has 2 aromatic rings. The third-order valence-electron chi connectivity index (χ3n) is 8.70. The summed E-state index contributed by atoms with van der Waals surface area (Å²) in [4.78, 5) is 55.8. The molecule has 1 saturated heterocycles. The zero-order chi connectivity index (χ0) is 33.6. The Balaban J connectivity index is 1.41. The number of unbranched alkanes of at least 4 members (excludes halogenated alkanes) is 1. The molecule has 1 saturated carbocycles. The molecule has 2 unspecified atom stereocenters. The summed E-state index contributed by atoms with van der Waals surface area (Å²) >= 11 is 0. The van der Waals surface area contributed by atoms with Gasteiger partial charge in [-0.2, -0.15) is 0 Å². The van der Waals surface area contributed by atoms with Gasteiger partial charge in [0.15, 0.2) is 0 Å². The number of benzene rings is 2. The first-order chi connectivity index (χ1) is 22.7. The first-order valence-electron chi connectivity index (χ1n) is 17.0. The standard InChI is InChI=1S/C36H52N6O5/c1-25(2)21-31(34(44)40-29(15-9-10-16-37)36(46)42-17-19-47-20-18-42)41-35(45)32(22-26-11-5-3-6-12-26)39-33(43)24-38-30-23-28(30)27-13-7-4-8-14-27/h3-8,11-14,25,28-32,38H,9-10,15-24,37H2,1-2H3,(H,39,43)(H,40,44)(H,41,45)/t28?,29-,30?,31-,32-/m1/s1. The van der Waals surface area contributed by atoms with Crippen LogP contribution >= 0.6 is 0 Å². The third kappa shape index (κ3) is 11.7. The first-order valence-corrected chi connectivity index (χ1v) is 17.0. The summed E-state index contributed by atoms with van der Waals surface area (Å²) < 4.78 is 5.40. The van der Waals surface area contributed by atoms with Crippen molar-refractivity contribution in [2.75, 3.05) is 39.4 Å². The Bertz CT molecular complexity index is 1290. The van der Waals surface area contributed by atoms with Gasteiger partial charge in [-0.1, -0.05) is 74.5 Å². The Hall–Kier alpha value is -3.80. The van der Waals surface area contributed by atoms with Crippen LogP contribution in [0.25, 0.3) is 0 Å². The van der Waals surface area contributed by atoms with Crippen molar-refractivity contribution in [2.24, 2.45) is 11.7 Å². The van der Waals surface area contributed by atoms with Crippen LogP contribution in [0.4, 0.5) is 0 Å². The molecule has 4 rings (SSSR count). The lowest BCUT2D eigenvalue weighted by molar-refractivity contribution is -0.141. The molecule has 11 nitrogen and oxygen atoms in total. The lowest BCUT2D eigenvalue weighted by Gasteiger charge is -2.32. The average Bonchev–Trinajstić information content (AvgIpc) is 3.87. The second-order valence-corrected chi connectivity index (χ2v) is 13.0. The molecule has 6 N–H and O–H groups in total. The molecule has 0 aromatic heterocycles. The van der Waals surface area contributed by atoms with E-state index in [0.29, 0.717) is 58.0 Å². The number of nitrogens with one attached hydrogen (secondary N) is 4. The highest BCUT2D eigenvalue weighted by molar-refractivity contribution is 5.94. The summed E-state index contributed by atoms with van der Waals surface area (Å²) in [7, 11) is 0. The van der Waals surface area contributed by atoms with Gasteiger partial charge in [0.25, 0.3) is 0 Å². The number of carbonyl (C=O) groups is 4. The van der Waals surface area contributed by atoms with E-state index in [1.165, 1.54) is 5.56 Å². The fraction of sp³-hybridized carbons (Fsp3) is 0.556. The highest BCUT2D eigenvalue weighted by Crippen LogP contribution is 2.40. The van der Waals surface area contributed by atoms with Crippen molar-refractivity contribution in [3.05, 3.63) is 71.8 Å². The SMILES string of the molecule is CC(C)C[C@@H](NC(=O)[C@@H](Cc1ccccc1)NC(=O)CNC1CC1c1ccccc1)C(=O)N[C@H](CCCCN)C(=O)N1CCOCC1. The summed E-state index contributed by atoms with van der Waals surface area (Å²) in [5.74, 6) is -0.855. The summed E-state index contributed by atoms with van der Waals surface area (Å²) in [6, 6.07) is 17.4. The van der Waals surface area contributed by atoms with Gasteiger partial charge in [0, 0.05) is 31.5 Å². The molecule has 256 valence electrons. The predicted molar refractivity (Wildman–Crippen MR) is 181 cm³/mol. The summed E-state index contributed by atoms with van der Waals surface area (Å²) in [6.45, 7) is 6.38. The number of amides is 4. The van der Waals surface area contributed by atoms with Gasteiger partial charge < -0.3 is 36.6 Å². The van der Waals surface area contributed by atoms with Gasteiger partial charge in [0.1, 0.15) is 18.1 Å². The van der Waals surface area contributed by atoms with E-state index in [9.17, 15) is 19.2 Å². The smallest absolute Gasteiger partial charge is 0.245 e. The normalized spacial score (nSPS) is 19.4. The monoisotopic (exact) mass is 648 g/mol. The number of rotatable bonds is 18. The quantitative estimate of drug-likeness (QED) is 0.155. The van der Waals surface area contributed by atoms with Crippen LogP contribution in [0.1, 0.15) is 63.0 Å². The second kappa shape index (κ2) is 18.5. The van der Waals surface area contributed by atoms with E-state index < -0.39 is 29.9 Å². The van der Waals surface area contributed by atoms with Gasteiger partial charge in [-0.15, -0.1) is 0 Å². The lowest BCUT2D eigenvalue weighted by Crippen LogP contribution is -2.58. The maximum atomic E-state index is 13.8. The molecule has 1 aliphatic carbocycles. The molecule has 1 heterocycles. The number of morpholine rings is 1. The van der Waals surface area contributed by atoms with Gasteiger partial charge in [0.05, 0.1) is 19.8 Å². The zero-order valence-corrected chi connectivity index (χ0v) is 27.8. The van der Waals surface area contributed by atoms with Crippen LogP contribution in [0.5, 0.6) is 0 Å². The molecule has 2 aromatic carbocycles. The fourth-order valence-corrected chi connectivity index (χ4v) is 6.02. The zero-order valence-electron chi connectivity index (χ0n) is 27.8. The van der Waals surface area contributed by atoms with Crippen molar-refractivity contribution in [3.8, 4) is 0 Å². The molecular weight excluding hydrogens is 596 g/mol. The van der Waals surface area contributed by atoms with Gasteiger partial charge in [-0.25, -0.2) is 0 Å². The third-order valence-corrected chi connectivity index (χ3v) is 8.70. The Kier molecular flexibility index (Phi) is 14.2. The summed E-state index contributed by atoms with van der Waals surface area (Å²) in [5, 5.41) is 12.1. The molecule has 0 bridgehead atoms. The Morgan fingerprint density at radius 2 is 1.49 bits per heavy atom. The molecule has 2 aliphatic rings. The van der Waals surface area contributed by atoms with Gasteiger partial charge in [0.2, 0.25) is 23.6 Å². The lowest BCUT2D eigenvalue weighted by atomic mass is 10.00. The molecule has 0 spiro atoms. The molecule has 1 aliphatic heterocycles. The molecule has 4 amide bonds. The van der Waals surface area contributed by atoms with E-state index in [1.807, 2.05) is 62.4 Å².